The Kier molecular flexibility index (Phi) is 8.30. The highest BCUT2D eigenvalue weighted by Crippen LogP contribution is 2.17. The molecule has 0 spiro atoms. The molecule has 7 nitrogen and oxygen atoms in total. The van der Waals surface area contributed by atoms with Gasteiger partial charge in [-0.2, -0.15) is 0 Å². The number of halogens is 1. The highest BCUT2D eigenvalue weighted by molar-refractivity contribution is 6.30. The van der Waals surface area contributed by atoms with E-state index in [2.05, 4.69) is 10.6 Å². The van der Waals surface area contributed by atoms with Crippen molar-refractivity contribution < 1.29 is 23.9 Å². The molecular weight excluding hydrogens is 384 g/mol. The first-order chi connectivity index (χ1) is 13.5. The summed E-state index contributed by atoms with van der Waals surface area (Å²) in [5.41, 5.74) is 1.13. The van der Waals surface area contributed by atoms with E-state index in [-0.39, 0.29) is 18.7 Å². The van der Waals surface area contributed by atoms with Gasteiger partial charge in [-0.3, -0.25) is 14.4 Å². The van der Waals surface area contributed by atoms with Gasteiger partial charge in [0.25, 0.3) is 5.91 Å². The second-order valence-corrected chi connectivity index (χ2v) is 6.29. The Morgan fingerprint density at radius 3 is 2.32 bits per heavy atom. The van der Waals surface area contributed by atoms with Crippen LogP contribution in [0.5, 0.6) is 5.75 Å². The minimum atomic E-state index is -0.545. The number of benzene rings is 2. The van der Waals surface area contributed by atoms with Crippen LogP contribution in [0.2, 0.25) is 5.02 Å². The largest absolute Gasteiger partial charge is 0.497 e. The Balaban J connectivity index is 1.64. The molecule has 2 rings (SSSR count). The quantitative estimate of drug-likeness (QED) is 0.622. The van der Waals surface area contributed by atoms with Crippen LogP contribution in [0.3, 0.4) is 0 Å². The number of nitrogens with one attached hydrogen (secondary N) is 2. The number of hydrogen-bond donors (Lipinski definition) is 2. The molecule has 0 unspecified atom stereocenters. The Hall–Kier alpha value is -3.06. The standard InChI is InChI=1S/C20H21ClN2O5/c1-27-17-8-3-7-16(12-17)23-19(25)13-28-20(26)10-4-9-18(24)22-15-6-2-5-14(21)11-15/h2-3,5-8,11-12H,4,9-10,13H2,1H3,(H,22,24)(H,23,25). The predicted molar refractivity (Wildman–Crippen MR) is 107 cm³/mol. The van der Waals surface area contributed by atoms with E-state index in [1.807, 2.05) is 0 Å². The fourth-order valence-corrected chi connectivity index (χ4v) is 2.49. The number of amides is 2. The summed E-state index contributed by atoms with van der Waals surface area (Å²) in [5, 5.41) is 5.82. The van der Waals surface area contributed by atoms with Gasteiger partial charge in [0.15, 0.2) is 6.61 Å². The van der Waals surface area contributed by atoms with Gasteiger partial charge in [0, 0.05) is 35.3 Å². The van der Waals surface area contributed by atoms with Gasteiger partial charge in [-0.15, -0.1) is 0 Å². The van der Waals surface area contributed by atoms with Gasteiger partial charge < -0.3 is 20.1 Å². The lowest BCUT2D eigenvalue weighted by atomic mass is 10.2. The molecule has 0 aliphatic carbocycles. The number of rotatable bonds is 9. The van der Waals surface area contributed by atoms with Crippen molar-refractivity contribution in [1.82, 2.24) is 0 Å². The first-order valence-electron chi connectivity index (χ1n) is 8.61. The van der Waals surface area contributed by atoms with Gasteiger partial charge in [0.05, 0.1) is 7.11 Å². The molecule has 0 aliphatic rings. The molecule has 0 radical (unpaired) electrons. The molecule has 2 N–H and O–H groups in total. The van der Waals surface area contributed by atoms with Crippen molar-refractivity contribution in [2.75, 3.05) is 24.4 Å². The number of carbonyl (C=O) groups excluding carboxylic acids is 3. The van der Waals surface area contributed by atoms with E-state index in [4.69, 9.17) is 21.1 Å². The van der Waals surface area contributed by atoms with Crippen molar-refractivity contribution in [3.63, 3.8) is 0 Å². The maximum atomic E-state index is 11.8. The number of methoxy groups -OCH3 is 1. The van der Waals surface area contributed by atoms with Crippen LogP contribution in [0.15, 0.2) is 48.5 Å². The molecule has 0 saturated heterocycles. The van der Waals surface area contributed by atoms with Crippen molar-refractivity contribution in [2.24, 2.45) is 0 Å². The van der Waals surface area contributed by atoms with Crippen LogP contribution in [0.1, 0.15) is 19.3 Å². The van der Waals surface area contributed by atoms with E-state index in [1.165, 1.54) is 7.11 Å². The molecule has 0 saturated carbocycles. The number of ether oxygens (including phenoxy) is 2. The third kappa shape index (κ3) is 7.67. The zero-order valence-corrected chi connectivity index (χ0v) is 16.1. The van der Waals surface area contributed by atoms with Gasteiger partial charge in [-0.25, -0.2) is 0 Å². The van der Waals surface area contributed by atoms with Crippen LogP contribution < -0.4 is 15.4 Å². The maximum Gasteiger partial charge on any atom is 0.306 e. The van der Waals surface area contributed by atoms with Gasteiger partial charge >= 0.3 is 5.97 Å². The molecule has 0 atom stereocenters. The fourth-order valence-electron chi connectivity index (χ4n) is 2.30. The monoisotopic (exact) mass is 404 g/mol. The summed E-state index contributed by atoms with van der Waals surface area (Å²) < 4.78 is 9.98. The average Bonchev–Trinajstić information content (AvgIpc) is 2.66. The summed E-state index contributed by atoms with van der Waals surface area (Å²) in [6.07, 6.45) is 0.496. The number of esters is 1. The van der Waals surface area contributed by atoms with Crippen LogP contribution >= 0.6 is 11.6 Å². The molecule has 0 heterocycles. The van der Waals surface area contributed by atoms with Gasteiger partial charge in [-0.05, 0) is 36.8 Å². The summed E-state index contributed by atoms with van der Waals surface area (Å²) in [6, 6.07) is 13.6. The zero-order valence-electron chi connectivity index (χ0n) is 15.4. The lowest BCUT2D eigenvalue weighted by Crippen LogP contribution is -2.21. The lowest BCUT2D eigenvalue weighted by Gasteiger charge is -2.08. The molecule has 0 aromatic heterocycles. The van der Waals surface area contributed by atoms with E-state index >= 15 is 0 Å². The van der Waals surface area contributed by atoms with Crippen molar-refractivity contribution in [1.29, 1.82) is 0 Å². The molecule has 2 aromatic rings. The van der Waals surface area contributed by atoms with E-state index in [0.29, 0.717) is 28.6 Å². The molecule has 2 aromatic carbocycles. The predicted octanol–water partition coefficient (Wildman–Crippen LogP) is 3.64. The number of hydrogen-bond acceptors (Lipinski definition) is 5. The van der Waals surface area contributed by atoms with Crippen LogP contribution in [-0.4, -0.2) is 31.5 Å². The molecule has 148 valence electrons. The lowest BCUT2D eigenvalue weighted by molar-refractivity contribution is -0.147. The summed E-state index contributed by atoms with van der Waals surface area (Å²) in [5.74, 6) is -0.631. The van der Waals surface area contributed by atoms with Crippen LogP contribution in [0.4, 0.5) is 11.4 Å². The Morgan fingerprint density at radius 1 is 0.929 bits per heavy atom. The topological polar surface area (TPSA) is 93.7 Å². The molecule has 8 heteroatoms. The molecule has 2 amide bonds. The van der Waals surface area contributed by atoms with E-state index in [9.17, 15) is 14.4 Å². The van der Waals surface area contributed by atoms with E-state index in [0.717, 1.165) is 0 Å². The van der Waals surface area contributed by atoms with Crippen LogP contribution in [-0.2, 0) is 19.1 Å². The van der Waals surface area contributed by atoms with Crippen molar-refractivity contribution in [3.8, 4) is 5.75 Å². The molecular formula is C20H21ClN2O5. The highest BCUT2D eigenvalue weighted by Gasteiger charge is 2.10. The Labute approximate surface area is 168 Å². The zero-order chi connectivity index (χ0) is 20.4. The SMILES string of the molecule is COc1cccc(NC(=O)COC(=O)CCCC(=O)Nc2cccc(Cl)c2)c1. The van der Waals surface area contributed by atoms with Gasteiger partial charge in [0.1, 0.15) is 5.75 Å². The number of carbonyl (C=O) groups is 3. The average molecular weight is 405 g/mol. The molecule has 0 aliphatic heterocycles. The van der Waals surface area contributed by atoms with Crippen molar-refractivity contribution in [2.45, 2.75) is 19.3 Å². The summed E-state index contributed by atoms with van der Waals surface area (Å²) in [7, 11) is 1.53. The Morgan fingerprint density at radius 2 is 1.61 bits per heavy atom. The summed E-state index contributed by atoms with van der Waals surface area (Å²) in [4.78, 5) is 35.4. The molecule has 0 fully saturated rings. The van der Waals surface area contributed by atoms with Crippen molar-refractivity contribution >= 4 is 40.8 Å². The van der Waals surface area contributed by atoms with Gasteiger partial charge in [-0.1, -0.05) is 23.7 Å². The minimum absolute atomic E-state index is 0.0371. The second kappa shape index (κ2) is 10.9. The minimum Gasteiger partial charge on any atom is -0.497 e. The van der Waals surface area contributed by atoms with Crippen LogP contribution in [0.25, 0.3) is 0 Å². The number of anilines is 2. The maximum absolute atomic E-state index is 11.8. The van der Waals surface area contributed by atoms with Crippen molar-refractivity contribution in [3.05, 3.63) is 53.6 Å². The summed E-state index contributed by atoms with van der Waals surface area (Å²) in [6.45, 7) is -0.398. The molecule has 0 bridgehead atoms. The molecule has 28 heavy (non-hydrogen) atoms. The smallest absolute Gasteiger partial charge is 0.306 e. The highest BCUT2D eigenvalue weighted by atomic mass is 35.5. The first-order valence-corrected chi connectivity index (χ1v) is 8.99. The summed E-state index contributed by atoms with van der Waals surface area (Å²) >= 11 is 5.85. The fraction of sp³-hybridized carbons (Fsp3) is 0.250. The van der Waals surface area contributed by atoms with Crippen LogP contribution in [0, 0.1) is 0 Å². The normalized spacial score (nSPS) is 10.1. The third-order valence-corrected chi connectivity index (χ3v) is 3.85. The van der Waals surface area contributed by atoms with Gasteiger partial charge in [0.2, 0.25) is 5.91 Å². The Bertz CT molecular complexity index is 841. The second-order valence-electron chi connectivity index (χ2n) is 5.85. The van der Waals surface area contributed by atoms with E-state index < -0.39 is 18.5 Å². The van der Waals surface area contributed by atoms with E-state index in [1.54, 1.807) is 48.5 Å². The third-order valence-electron chi connectivity index (χ3n) is 3.61. The first kappa shape index (κ1) is 21.2.